The number of amides is 1. The third kappa shape index (κ3) is 3.00. The molecule has 2 N–H and O–H groups in total. The van der Waals surface area contributed by atoms with Gasteiger partial charge in [-0.2, -0.15) is 0 Å². The smallest absolute Gasteiger partial charge is 0.267 e. The Balaban J connectivity index is 1.87. The van der Waals surface area contributed by atoms with Crippen LogP contribution in [0.4, 0.5) is 0 Å². The van der Waals surface area contributed by atoms with Gasteiger partial charge in [0.1, 0.15) is 5.69 Å². The molecule has 2 aromatic rings. The molecule has 0 radical (unpaired) electrons. The number of carbonyl (C=O) groups is 1. The molecule has 17 heavy (non-hydrogen) atoms. The predicted molar refractivity (Wildman–Crippen MR) is 59.4 cm³/mol. The average molecular weight is 233 g/mol. The molecule has 1 amide bonds. The Bertz CT molecular complexity index is 546. The molecule has 2 rings (SSSR count). The van der Waals surface area contributed by atoms with Crippen molar-refractivity contribution in [2.24, 2.45) is 0 Å². The lowest BCUT2D eigenvalue weighted by Crippen LogP contribution is -2.29. The fourth-order valence-electron chi connectivity index (χ4n) is 1.31. The highest BCUT2D eigenvalue weighted by molar-refractivity contribution is 5.92. The van der Waals surface area contributed by atoms with E-state index in [0.29, 0.717) is 13.1 Å². The van der Waals surface area contributed by atoms with E-state index in [9.17, 15) is 9.59 Å². The highest BCUT2D eigenvalue weighted by Crippen LogP contribution is 1.89. The molecule has 2 heterocycles. The quantitative estimate of drug-likeness (QED) is 0.737. The van der Waals surface area contributed by atoms with Crippen molar-refractivity contribution in [1.82, 2.24) is 25.3 Å². The summed E-state index contributed by atoms with van der Waals surface area (Å²) in [5.41, 5.74) is -0.0509. The van der Waals surface area contributed by atoms with Crippen LogP contribution >= 0.6 is 0 Å². The molecule has 0 aromatic carbocycles. The van der Waals surface area contributed by atoms with Crippen molar-refractivity contribution in [3.8, 4) is 0 Å². The van der Waals surface area contributed by atoms with Gasteiger partial charge in [-0.05, 0) is 6.07 Å². The molecule has 0 atom stereocenters. The molecular weight excluding hydrogens is 222 g/mol. The normalized spacial score (nSPS) is 10.1. The minimum absolute atomic E-state index is 0.246. The summed E-state index contributed by atoms with van der Waals surface area (Å²) in [7, 11) is 0. The molecule has 7 heteroatoms. The monoisotopic (exact) mass is 233 g/mol. The Labute approximate surface area is 96.5 Å². The summed E-state index contributed by atoms with van der Waals surface area (Å²) in [6, 6.07) is 4.43. The van der Waals surface area contributed by atoms with Gasteiger partial charge in [0.2, 0.25) is 5.56 Å². The molecular formula is C10H11N5O2. The van der Waals surface area contributed by atoms with Crippen LogP contribution in [0.15, 0.2) is 35.4 Å². The Hall–Kier alpha value is -2.44. The van der Waals surface area contributed by atoms with Gasteiger partial charge in [-0.15, -0.1) is 5.10 Å². The Morgan fingerprint density at radius 1 is 1.47 bits per heavy atom. The van der Waals surface area contributed by atoms with Gasteiger partial charge in [-0.1, -0.05) is 11.3 Å². The number of nitrogens with one attached hydrogen (secondary N) is 2. The van der Waals surface area contributed by atoms with E-state index in [0.717, 1.165) is 0 Å². The molecule has 0 saturated carbocycles. The lowest BCUT2D eigenvalue weighted by molar-refractivity contribution is 0.0946. The van der Waals surface area contributed by atoms with Crippen molar-refractivity contribution >= 4 is 5.91 Å². The molecule has 0 aliphatic heterocycles. The van der Waals surface area contributed by atoms with Crippen LogP contribution < -0.4 is 10.9 Å². The predicted octanol–water partition coefficient (Wildman–Crippen LogP) is -0.604. The van der Waals surface area contributed by atoms with Crippen LogP contribution in [0.25, 0.3) is 0 Å². The van der Waals surface area contributed by atoms with Crippen LogP contribution in [0.2, 0.25) is 0 Å². The highest BCUT2D eigenvalue weighted by Gasteiger charge is 2.04. The molecule has 7 nitrogen and oxygen atoms in total. The molecule has 0 bridgehead atoms. The minimum Gasteiger partial charge on any atom is -0.349 e. The van der Waals surface area contributed by atoms with Gasteiger partial charge in [-0.25, -0.2) is 0 Å². The standard InChI is InChI=1S/C10H11N5O2/c16-9-3-1-2-8(13-9)10(17)11-4-6-15-7-5-12-14-15/h1-3,5,7H,4,6H2,(H,11,17)(H,13,16). The first-order valence-corrected chi connectivity index (χ1v) is 5.07. The van der Waals surface area contributed by atoms with E-state index in [4.69, 9.17) is 0 Å². The van der Waals surface area contributed by atoms with Crippen LogP contribution in [0.5, 0.6) is 0 Å². The first-order chi connectivity index (χ1) is 8.25. The van der Waals surface area contributed by atoms with E-state index in [1.165, 1.54) is 12.1 Å². The van der Waals surface area contributed by atoms with Crippen LogP contribution in [0.1, 0.15) is 10.5 Å². The molecule has 0 unspecified atom stereocenters. The van der Waals surface area contributed by atoms with Crippen LogP contribution in [-0.2, 0) is 6.54 Å². The number of nitrogens with zero attached hydrogens (tertiary/aromatic N) is 3. The number of aromatic nitrogens is 4. The van der Waals surface area contributed by atoms with Crippen molar-refractivity contribution in [3.63, 3.8) is 0 Å². The van der Waals surface area contributed by atoms with Gasteiger partial charge in [0.25, 0.3) is 5.91 Å². The Morgan fingerprint density at radius 3 is 3.06 bits per heavy atom. The Kier molecular flexibility index (Phi) is 3.29. The molecule has 0 aliphatic carbocycles. The second kappa shape index (κ2) is 5.06. The van der Waals surface area contributed by atoms with Gasteiger partial charge in [0.05, 0.1) is 12.7 Å². The van der Waals surface area contributed by atoms with Crippen molar-refractivity contribution in [3.05, 3.63) is 46.6 Å². The van der Waals surface area contributed by atoms with Gasteiger partial charge >= 0.3 is 0 Å². The summed E-state index contributed by atoms with van der Waals surface area (Å²) in [6.07, 6.45) is 3.27. The zero-order valence-electron chi connectivity index (χ0n) is 8.96. The maximum absolute atomic E-state index is 11.6. The lowest BCUT2D eigenvalue weighted by atomic mass is 10.3. The van der Waals surface area contributed by atoms with Crippen molar-refractivity contribution in [2.75, 3.05) is 6.54 Å². The topological polar surface area (TPSA) is 92.7 Å². The zero-order chi connectivity index (χ0) is 12.1. The van der Waals surface area contributed by atoms with Gasteiger partial charge in [0.15, 0.2) is 0 Å². The molecule has 0 spiro atoms. The summed E-state index contributed by atoms with van der Waals surface area (Å²) in [6.45, 7) is 0.946. The number of carbonyl (C=O) groups excluding carboxylic acids is 1. The second-order valence-corrected chi connectivity index (χ2v) is 3.35. The summed E-state index contributed by atoms with van der Waals surface area (Å²) in [5.74, 6) is -0.317. The highest BCUT2D eigenvalue weighted by atomic mass is 16.2. The van der Waals surface area contributed by atoms with Gasteiger partial charge in [-0.3, -0.25) is 14.3 Å². The number of H-pyrrole nitrogens is 1. The Morgan fingerprint density at radius 2 is 2.35 bits per heavy atom. The van der Waals surface area contributed by atoms with E-state index < -0.39 is 0 Å². The van der Waals surface area contributed by atoms with E-state index in [-0.39, 0.29) is 17.2 Å². The second-order valence-electron chi connectivity index (χ2n) is 3.35. The number of pyridine rings is 1. The lowest BCUT2D eigenvalue weighted by Gasteiger charge is -2.04. The fourth-order valence-corrected chi connectivity index (χ4v) is 1.31. The number of hydrogen-bond acceptors (Lipinski definition) is 4. The fraction of sp³-hybridized carbons (Fsp3) is 0.200. The first-order valence-electron chi connectivity index (χ1n) is 5.07. The maximum atomic E-state index is 11.6. The SMILES string of the molecule is O=C(NCCn1ccnn1)c1cccc(=O)[nH]1. The van der Waals surface area contributed by atoms with Crippen molar-refractivity contribution in [2.45, 2.75) is 6.54 Å². The number of aromatic amines is 1. The van der Waals surface area contributed by atoms with E-state index in [1.54, 1.807) is 23.1 Å². The summed E-state index contributed by atoms with van der Waals surface area (Å²) in [5, 5.41) is 10.1. The van der Waals surface area contributed by atoms with Crippen LogP contribution in [-0.4, -0.2) is 32.4 Å². The molecule has 2 aromatic heterocycles. The van der Waals surface area contributed by atoms with Gasteiger partial charge < -0.3 is 10.3 Å². The van der Waals surface area contributed by atoms with Crippen LogP contribution in [0, 0.1) is 0 Å². The number of hydrogen-bond donors (Lipinski definition) is 2. The zero-order valence-corrected chi connectivity index (χ0v) is 8.96. The third-order valence-corrected chi connectivity index (χ3v) is 2.11. The summed E-state index contributed by atoms with van der Waals surface area (Å²) < 4.78 is 1.61. The number of rotatable bonds is 4. The maximum Gasteiger partial charge on any atom is 0.267 e. The minimum atomic E-state index is -0.317. The molecule has 88 valence electrons. The first kappa shape index (κ1) is 11.1. The van der Waals surface area contributed by atoms with E-state index in [1.807, 2.05) is 0 Å². The van der Waals surface area contributed by atoms with E-state index in [2.05, 4.69) is 20.6 Å². The largest absolute Gasteiger partial charge is 0.349 e. The third-order valence-electron chi connectivity index (χ3n) is 2.11. The molecule has 0 saturated heterocycles. The van der Waals surface area contributed by atoms with Crippen molar-refractivity contribution < 1.29 is 4.79 Å². The van der Waals surface area contributed by atoms with Crippen molar-refractivity contribution in [1.29, 1.82) is 0 Å². The van der Waals surface area contributed by atoms with Crippen LogP contribution in [0.3, 0.4) is 0 Å². The molecule has 0 aliphatic rings. The van der Waals surface area contributed by atoms with Gasteiger partial charge in [0, 0.05) is 18.8 Å². The average Bonchev–Trinajstić information content (AvgIpc) is 2.82. The molecule has 0 fully saturated rings. The summed E-state index contributed by atoms with van der Waals surface area (Å²) in [4.78, 5) is 25.0. The van der Waals surface area contributed by atoms with E-state index >= 15 is 0 Å². The summed E-state index contributed by atoms with van der Waals surface area (Å²) >= 11 is 0.